The molecule has 4 nitrogen and oxygen atoms in total. The average molecular weight is 302 g/mol. The third kappa shape index (κ3) is 4.00. The average Bonchev–Trinajstić information content (AvgIpc) is 2.29. The van der Waals surface area contributed by atoms with Crippen molar-refractivity contribution in [3.63, 3.8) is 0 Å². The van der Waals surface area contributed by atoms with Crippen LogP contribution in [-0.4, -0.2) is 11.0 Å². The van der Waals surface area contributed by atoms with E-state index >= 15 is 0 Å². The predicted molar refractivity (Wildman–Crippen MR) is 70.7 cm³/mol. The number of benzene rings is 1. The second-order valence-corrected chi connectivity index (χ2v) is 4.46. The summed E-state index contributed by atoms with van der Waals surface area (Å²) in [6, 6.07) is 4.68. The number of nitro groups is 1. The lowest BCUT2D eigenvalue weighted by atomic mass is 10.2. The van der Waals surface area contributed by atoms with Gasteiger partial charge in [-0.25, -0.2) is 0 Å². The maximum absolute atomic E-state index is 10.7. The van der Waals surface area contributed by atoms with Crippen molar-refractivity contribution in [1.82, 2.24) is 0 Å². The normalized spacial score (nSPS) is 12.2. The first-order valence-corrected chi connectivity index (χ1v) is 6.70. The highest BCUT2D eigenvalue weighted by molar-refractivity contribution is 9.08. The SMILES string of the molecule is CCCC(C)Oc1ccc([N+](=O)[O-])cc1CBr. The van der Waals surface area contributed by atoms with Crippen LogP contribution in [0.2, 0.25) is 0 Å². The van der Waals surface area contributed by atoms with E-state index in [-0.39, 0.29) is 11.8 Å². The Morgan fingerprint density at radius 2 is 2.24 bits per heavy atom. The quantitative estimate of drug-likeness (QED) is 0.452. The minimum absolute atomic E-state index is 0.0925. The molecule has 0 aliphatic rings. The Labute approximate surface area is 109 Å². The predicted octanol–water partition coefficient (Wildman–Crippen LogP) is 4.06. The van der Waals surface area contributed by atoms with Crippen molar-refractivity contribution in [3.8, 4) is 5.75 Å². The summed E-state index contributed by atoms with van der Waals surface area (Å²) < 4.78 is 5.76. The van der Waals surface area contributed by atoms with E-state index in [9.17, 15) is 10.1 Å². The van der Waals surface area contributed by atoms with Crippen molar-refractivity contribution >= 4 is 21.6 Å². The molecule has 0 spiro atoms. The van der Waals surface area contributed by atoms with Crippen LogP contribution in [0.25, 0.3) is 0 Å². The minimum Gasteiger partial charge on any atom is -0.490 e. The minimum atomic E-state index is -0.397. The molecule has 1 aromatic carbocycles. The smallest absolute Gasteiger partial charge is 0.270 e. The van der Waals surface area contributed by atoms with Gasteiger partial charge in [0.15, 0.2) is 0 Å². The Hall–Kier alpha value is -1.10. The summed E-state index contributed by atoms with van der Waals surface area (Å²) >= 11 is 3.32. The van der Waals surface area contributed by atoms with E-state index in [0.29, 0.717) is 11.1 Å². The molecule has 5 heteroatoms. The maximum Gasteiger partial charge on any atom is 0.270 e. The van der Waals surface area contributed by atoms with E-state index in [1.165, 1.54) is 6.07 Å². The van der Waals surface area contributed by atoms with Gasteiger partial charge >= 0.3 is 0 Å². The van der Waals surface area contributed by atoms with E-state index < -0.39 is 4.92 Å². The van der Waals surface area contributed by atoms with Gasteiger partial charge in [-0.05, 0) is 19.4 Å². The van der Waals surface area contributed by atoms with E-state index in [4.69, 9.17) is 4.74 Å². The van der Waals surface area contributed by atoms with Crippen molar-refractivity contribution in [2.24, 2.45) is 0 Å². The first kappa shape index (κ1) is 14.0. The monoisotopic (exact) mass is 301 g/mol. The van der Waals surface area contributed by atoms with Crippen LogP contribution in [0.15, 0.2) is 18.2 Å². The van der Waals surface area contributed by atoms with Gasteiger partial charge in [-0.2, -0.15) is 0 Å². The van der Waals surface area contributed by atoms with Crippen molar-refractivity contribution in [2.45, 2.75) is 38.1 Å². The number of hydrogen-bond donors (Lipinski definition) is 0. The Balaban J connectivity index is 2.88. The number of nitrogens with zero attached hydrogens (tertiary/aromatic N) is 1. The Morgan fingerprint density at radius 1 is 1.53 bits per heavy atom. The first-order chi connectivity index (χ1) is 8.08. The molecule has 0 saturated carbocycles. The van der Waals surface area contributed by atoms with Crippen LogP contribution in [0.5, 0.6) is 5.75 Å². The summed E-state index contributed by atoms with van der Waals surface area (Å²) in [5, 5.41) is 11.2. The Kier molecular flexibility index (Phi) is 5.41. The number of alkyl halides is 1. The van der Waals surface area contributed by atoms with Gasteiger partial charge in [-0.1, -0.05) is 29.3 Å². The second-order valence-electron chi connectivity index (χ2n) is 3.90. The number of non-ortho nitro benzene ring substituents is 1. The third-order valence-electron chi connectivity index (χ3n) is 2.42. The largest absolute Gasteiger partial charge is 0.490 e. The fraction of sp³-hybridized carbons (Fsp3) is 0.500. The van der Waals surface area contributed by atoms with E-state index in [1.54, 1.807) is 12.1 Å². The van der Waals surface area contributed by atoms with Crippen molar-refractivity contribution in [3.05, 3.63) is 33.9 Å². The van der Waals surface area contributed by atoms with Gasteiger partial charge in [0.25, 0.3) is 5.69 Å². The molecule has 1 rings (SSSR count). The lowest BCUT2D eigenvalue weighted by Gasteiger charge is -2.16. The van der Waals surface area contributed by atoms with Crippen LogP contribution < -0.4 is 4.74 Å². The zero-order valence-corrected chi connectivity index (χ0v) is 11.6. The molecule has 0 N–H and O–H groups in total. The summed E-state index contributed by atoms with van der Waals surface area (Å²) in [4.78, 5) is 10.3. The van der Waals surface area contributed by atoms with Crippen molar-refractivity contribution < 1.29 is 9.66 Å². The fourth-order valence-corrected chi connectivity index (χ4v) is 2.02. The van der Waals surface area contributed by atoms with E-state index in [1.807, 2.05) is 6.92 Å². The van der Waals surface area contributed by atoms with Gasteiger partial charge in [0.1, 0.15) is 5.75 Å². The lowest BCUT2D eigenvalue weighted by Crippen LogP contribution is -2.12. The molecule has 17 heavy (non-hydrogen) atoms. The molecule has 1 atom stereocenters. The number of ether oxygens (including phenoxy) is 1. The zero-order valence-electron chi connectivity index (χ0n) is 9.98. The van der Waals surface area contributed by atoms with Crippen LogP contribution in [0, 0.1) is 10.1 Å². The van der Waals surface area contributed by atoms with Gasteiger partial charge < -0.3 is 4.74 Å². The highest BCUT2D eigenvalue weighted by Gasteiger charge is 2.12. The fourth-order valence-electron chi connectivity index (χ4n) is 1.58. The molecule has 1 aromatic rings. The molecule has 0 heterocycles. The van der Waals surface area contributed by atoms with E-state index in [0.717, 1.165) is 18.4 Å². The second kappa shape index (κ2) is 6.59. The third-order valence-corrected chi connectivity index (χ3v) is 3.03. The van der Waals surface area contributed by atoms with Crippen LogP contribution in [-0.2, 0) is 5.33 Å². The molecule has 0 amide bonds. The molecule has 0 radical (unpaired) electrons. The summed E-state index contributed by atoms with van der Waals surface area (Å²) in [7, 11) is 0. The molecule has 0 aromatic heterocycles. The van der Waals surface area contributed by atoms with Crippen LogP contribution in [0.4, 0.5) is 5.69 Å². The van der Waals surface area contributed by atoms with Gasteiger partial charge in [0, 0.05) is 23.0 Å². The van der Waals surface area contributed by atoms with Crippen LogP contribution >= 0.6 is 15.9 Å². The number of nitro benzene ring substituents is 1. The highest BCUT2D eigenvalue weighted by Crippen LogP contribution is 2.27. The topological polar surface area (TPSA) is 52.4 Å². The van der Waals surface area contributed by atoms with Gasteiger partial charge in [-0.15, -0.1) is 0 Å². The molecule has 0 saturated heterocycles. The van der Waals surface area contributed by atoms with E-state index in [2.05, 4.69) is 22.9 Å². The zero-order chi connectivity index (χ0) is 12.8. The molecule has 0 bridgehead atoms. The molecule has 94 valence electrons. The first-order valence-electron chi connectivity index (χ1n) is 5.58. The van der Waals surface area contributed by atoms with Gasteiger partial charge in [0.05, 0.1) is 11.0 Å². The molecule has 1 unspecified atom stereocenters. The molecule has 0 aliphatic heterocycles. The number of halogens is 1. The molecular formula is C12H16BrNO3. The Morgan fingerprint density at radius 3 is 2.76 bits per heavy atom. The lowest BCUT2D eigenvalue weighted by molar-refractivity contribution is -0.384. The summed E-state index contributed by atoms with van der Waals surface area (Å²) in [5.74, 6) is 0.716. The summed E-state index contributed by atoms with van der Waals surface area (Å²) in [6.45, 7) is 4.10. The van der Waals surface area contributed by atoms with Crippen molar-refractivity contribution in [2.75, 3.05) is 0 Å². The summed E-state index contributed by atoms with van der Waals surface area (Å²) in [6.07, 6.45) is 2.15. The molecule has 0 fully saturated rings. The van der Waals surface area contributed by atoms with Gasteiger partial charge in [-0.3, -0.25) is 10.1 Å². The van der Waals surface area contributed by atoms with Crippen molar-refractivity contribution in [1.29, 1.82) is 0 Å². The standard InChI is InChI=1S/C12H16BrNO3/c1-3-4-9(2)17-12-6-5-11(14(15)16)7-10(12)8-13/h5-7,9H,3-4,8H2,1-2H3. The maximum atomic E-state index is 10.7. The van der Waals surface area contributed by atoms with Gasteiger partial charge in [0.2, 0.25) is 0 Å². The van der Waals surface area contributed by atoms with Crippen LogP contribution in [0.1, 0.15) is 32.3 Å². The molecule has 0 aliphatic carbocycles. The Bertz CT molecular complexity index is 395. The number of hydrogen-bond acceptors (Lipinski definition) is 3. The highest BCUT2D eigenvalue weighted by atomic mass is 79.9. The number of rotatable bonds is 6. The summed E-state index contributed by atoms with van der Waals surface area (Å²) in [5.41, 5.74) is 0.900. The van der Waals surface area contributed by atoms with Crippen LogP contribution in [0.3, 0.4) is 0 Å². The molecular weight excluding hydrogens is 286 g/mol.